The second-order valence-electron chi connectivity index (χ2n) is 6.78. The Kier molecular flexibility index (Phi) is 6.85. The zero-order valence-corrected chi connectivity index (χ0v) is 16.2. The minimum absolute atomic E-state index is 0.148. The third kappa shape index (κ3) is 4.67. The molecule has 1 aliphatic rings. The standard InChI is InChI=1S/C22H29N3O2/c1-3-13-23-22(21(26)18-9-5-4-6-10-18)25-16-14-24(15-17-25)19-11-7-8-12-20(19)27-2/h4-12,22-23H,3,13-17H2,1-2H3. The van der Waals surface area contributed by atoms with Gasteiger partial charge in [0.05, 0.1) is 12.8 Å². The molecule has 1 N–H and O–H groups in total. The molecule has 3 rings (SSSR count). The lowest BCUT2D eigenvalue weighted by Gasteiger charge is -2.40. The number of para-hydroxylation sites is 2. The summed E-state index contributed by atoms with van der Waals surface area (Å²) in [7, 11) is 1.71. The SMILES string of the molecule is CCCNC(C(=O)c1ccccc1)N1CCN(c2ccccc2OC)CC1. The Morgan fingerprint density at radius 3 is 2.37 bits per heavy atom. The highest BCUT2D eigenvalue weighted by Gasteiger charge is 2.29. The van der Waals surface area contributed by atoms with Crippen LogP contribution in [-0.2, 0) is 0 Å². The van der Waals surface area contributed by atoms with Gasteiger partial charge in [0.15, 0.2) is 5.78 Å². The van der Waals surface area contributed by atoms with Crippen molar-refractivity contribution in [1.82, 2.24) is 10.2 Å². The quantitative estimate of drug-likeness (QED) is 0.727. The van der Waals surface area contributed by atoms with Crippen LogP contribution in [0.5, 0.6) is 5.75 Å². The molecule has 0 aromatic heterocycles. The monoisotopic (exact) mass is 367 g/mol. The molecule has 0 radical (unpaired) electrons. The summed E-state index contributed by atoms with van der Waals surface area (Å²) < 4.78 is 5.50. The lowest BCUT2D eigenvalue weighted by molar-refractivity contribution is 0.0753. The van der Waals surface area contributed by atoms with Crippen molar-refractivity contribution in [3.05, 3.63) is 60.2 Å². The Morgan fingerprint density at radius 1 is 1.04 bits per heavy atom. The molecular weight excluding hydrogens is 338 g/mol. The predicted molar refractivity (Wildman–Crippen MR) is 110 cm³/mol. The number of ketones is 1. The van der Waals surface area contributed by atoms with E-state index in [0.29, 0.717) is 0 Å². The Hall–Kier alpha value is -2.37. The first-order valence-electron chi connectivity index (χ1n) is 9.69. The van der Waals surface area contributed by atoms with Gasteiger partial charge in [-0.05, 0) is 25.1 Å². The normalized spacial score (nSPS) is 16.1. The number of ether oxygens (including phenoxy) is 1. The van der Waals surface area contributed by atoms with Gasteiger partial charge in [-0.1, -0.05) is 49.4 Å². The number of anilines is 1. The first kappa shape index (κ1) is 19.4. The van der Waals surface area contributed by atoms with Crippen LogP contribution in [0.2, 0.25) is 0 Å². The number of nitrogens with one attached hydrogen (secondary N) is 1. The molecule has 0 spiro atoms. The first-order chi connectivity index (χ1) is 13.2. The fourth-order valence-electron chi connectivity index (χ4n) is 3.54. The Balaban J connectivity index is 1.70. The molecule has 144 valence electrons. The summed E-state index contributed by atoms with van der Waals surface area (Å²) in [6.07, 6.45) is 0.729. The fraction of sp³-hybridized carbons (Fsp3) is 0.409. The van der Waals surface area contributed by atoms with Crippen LogP contribution in [0.15, 0.2) is 54.6 Å². The van der Waals surface area contributed by atoms with Crippen molar-refractivity contribution in [3.63, 3.8) is 0 Å². The summed E-state index contributed by atoms with van der Waals surface area (Å²) in [5.74, 6) is 1.04. The number of hydrogen-bond acceptors (Lipinski definition) is 5. The summed E-state index contributed by atoms with van der Waals surface area (Å²) in [5.41, 5.74) is 1.88. The van der Waals surface area contributed by atoms with Gasteiger partial charge in [0, 0.05) is 31.7 Å². The predicted octanol–water partition coefficient (Wildman–Crippen LogP) is 3.03. The highest BCUT2D eigenvalue weighted by Crippen LogP contribution is 2.28. The van der Waals surface area contributed by atoms with Gasteiger partial charge in [0.1, 0.15) is 11.9 Å². The molecule has 1 atom stereocenters. The van der Waals surface area contributed by atoms with Crippen molar-refractivity contribution < 1.29 is 9.53 Å². The highest BCUT2D eigenvalue weighted by molar-refractivity contribution is 5.99. The maximum atomic E-state index is 13.1. The minimum atomic E-state index is -0.271. The molecule has 5 heteroatoms. The number of benzene rings is 2. The fourth-order valence-corrected chi connectivity index (χ4v) is 3.54. The van der Waals surface area contributed by atoms with E-state index in [1.807, 2.05) is 48.5 Å². The van der Waals surface area contributed by atoms with E-state index in [4.69, 9.17) is 4.74 Å². The molecule has 5 nitrogen and oxygen atoms in total. The van der Waals surface area contributed by atoms with Gasteiger partial charge in [-0.15, -0.1) is 0 Å². The van der Waals surface area contributed by atoms with E-state index in [9.17, 15) is 4.79 Å². The maximum Gasteiger partial charge on any atom is 0.194 e. The maximum absolute atomic E-state index is 13.1. The average molecular weight is 367 g/mol. The van der Waals surface area contributed by atoms with Crippen LogP contribution < -0.4 is 15.0 Å². The summed E-state index contributed by atoms with van der Waals surface area (Å²) in [5, 5.41) is 3.45. The third-order valence-corrected chi connectivity index (χ3v) is 5.00. The lowest BCUT2D eigenvalue weighted by Crippen LogP contribution is -2.58. The first-order valence-corrected chi connectivity index (χ1v) is 9.69. The number of hydrogen-bond donors (Lipinski definition) is 1. The van der Waals surface area contributed by atoms with Crippen LogP contribution in [0.1, 0.15) is 23.7 Å². The van der Waals surface area contributed by atoms with E-state index in [2.05, 4.69) is 28.1 Å². The smallest absolute Gasteiger partial charge is 0.194 e. The molecule has 0 aliphatic carbocycles. The van der Waals surface area contributed by atoms with Gasteiger partial charge in [-0.25, -0.2) is 0 Å². The molecule has 1 heterocycles. The number of piperazine rings is 1. The van der Waals surface area contributed by atoms with Gasteiger partial charge in [0.2, 0.25) is 0 Å². The molecule has 1 aliphatic heterocycles. The lowest BCUT2D eigenvalue weighted by atomic mass is 10.1. The zero-order valence-electron chi connectivity index (χ0n) is 16.2. The molecular formula is C22H29N3O2. The van der Waals surface area contributed by atoms with Crippen molar-refractivity contribution in [2.75, 3.05) is 44.7 Å². The van der Waals surface area contributed by atoms with Crippen LogP contribution in [0, 0.1) is 0 Å². The molecule has 2 aromatic carbocycles. The molecule has 0 bridgehead atoms. The van der Waals surface area contributed by atoms with Gasteiger partial charge in [0.25, 0.3) is 0 Å². The Bertz CT molecular complexity index is 727. The van der Waals surface area contributed by atoms with Crippen molar-refractivity contribution in [3.8, 4) is 5.75 Å². The average Bonchev–Trinajstić information content (AvgIpc) is 2.75. The number of carbonyl (C=O) groups is 1. The van der Waals surface area contributed by atoms with Crippen LogP contribution in [0.25, 0.3) is 0 Å². The van der Waals surface area contributed by atoms with Crippen LogP contribution in [-0.4, -0.2) is 56.7 Å². The van der Waals surface area contributed by atoms with Crippen molar-refractivity contribution in [2.24, 2.45) is 0 Å². The van der Waals surface area contributed by atoms with E-state index < -0.39 is 0 Å². The van der Waals surface area contributed by atoms with E-state index in [0.717, 1.165) is 56.1 Å². The van der Waals surface area contributed by atoms with Crippen LogP contribution >= 0.6 is 0 Å². The molecule has 2 aromatic rings. The molecule has 0 amide bonds. The number of methoxy groups -OCH3 is 1. The Morgan fingerprint density at radius 2 is 1.70 bits per heavy atom. The third-order valence-electron chi connectivity index (χ3n) is 5.00. The van der Waals surface area contributed by atoms with E-state index >= 15 is 0 Å². The van der Waals surface area contributed by atoms with Crippen molar-refractivity contribution in [1.29, 1.82) is 0 Å². The number of Topliss-reactive ketones (excluding diaryl/α,β-unsaturated/α-hetero) is 1. The van der Waals surface area contributed by atoms with Gasteiger partial charge >= 0.3 is 0 Å². The van der Waals surface area contributed by atoms with Crippen molar-refractivity contribution in [2.45, 2.75) is 19.5 Å². The van der Waals surface area contributed by atoms with Crippen molar-refractivity contribution >= 4 is 11.5 Å². The minimum Gasteiger partial charge on any atom is -0.495 e. The van der Waals surface area contributed by atoms with Crippen LogP contribution in [0.3, 0.4) is 0 Å². The largest absolute Gasteiger partial charge is 0.495 e. The number of rotatable bonds is 8. The van der Waals surface area contributed by atoms with Crippen LogP contribution in [0.4, 0.5) is 5.69 Å². The Labute approximate surface area is 161 Å². The summed E-state index contributed by atoms with van der Waals surface area (Å²) in [6.45, 7) is 6.35. The summed E-state index contributed by atoms with van der Waals surface area (Å²) in [6, 6.07) is 17.7. The topological polar surface area (TPSA) is 44.8 Å². The van der Waals surface area contributed by atoms with E-state index in [1.165, 1.54) is 0 Å². The molecule has 0 saturated carbocycles. The second kappa shape index (κ2) is 9.53. The highest BCUT2D eigenvalue weighted by atomic mass is 16.5. The molecule has 1 unspecified atom stereocenters. The molecule has 1 saturated heterocycles. The number of nitrogens with zero attached hydrogens (tertiary/aromatic N) is 2. The summed E-state index contributed by atoms with van der Waals surface area (Å²) in [4.78, 5) is 17.7. The van der Waals surface area contributed by atoms with Gasteiger partial charge in [-0.2, -0.15) is 0 Å². The van der Waals surface area contributed by atoms with E-state index in [1.54, 1.807) is 7.11 Å². The van der Waals surface area contributed by atoms with Gasteiger partial charge in [-0.3, -0.25) is 15.0 Å². The second-order valence-corrected chi connectivity index (χ2v) is 6.78. The van der Waals surface area contributed by atoms with E-state index in [-0.39, 0.29) is 11.9 Å². The zero-order chi connectivity index (χ0) is 19.1. The molecule has 27 heavy (non-hydrogen) atoms. The molecule has 1 fully saturated rings. The summed E-state index contributed by atoms with van der Waals surface area (Å²) >= 11 is 0. The number of carbonyl (C=O) groups excluding carboxylic acids is 1. The van der Waals surface area contributed by atoms with Gasteiger partial charge < -0.3 is 9.64 Å².